The Morgan fingerprint density at radius 1 is 1.00 bits per heavy atom. The highest BCUT2D eigenvalue weighted by molar-refractivity contribution is 5.95. The molecule has 1 heterocycles. The van der Waals surface area contributed by atoms with Crippen molar-refractivity contribution in [3.63, 3.8) is 0 Å². The number of rotatable bonds is 5. The van der Waals surface area contributed by atoms with Gasteiger partial charge in [-0.3, -0.25) is 0 Å². The van der Waals surface area contributed by atoms with Gasteiger partial charge in [-0.15, -0.1) is 0 Å². The molecule has 1 N–H and O–H groups in total. The monoisotopic (exact) mass is 363 g/mol. The summed E-state index contributed by atoms with van der Waals surface area (Å²) in [6.45, 7) is 13.5. The lowest BCUT2D eigenvalue weighted by Gasteiger charge is -2.17. The minimum atomic E-state index is -0.882. The van der Waals surface area contributed by atoms with E-state index in [4.69, 9.17) is 0 Å². The minimum Gasteiger partial charge on any atom is -0.477 e. The van der Waals surface area contributed by atoms with Gasteiger partial charge in [0.2, 0.25) is 0 Å². The number of aromatic carboxylic acids is 1. The molecule has 142 valence electrons. The molecule has 0 saturated heterocycles. The van der Waals surface area contributed by atoms with E-state index in [0.29, 0.717) is 24.1 Å². The fourth-order valence-electron chi connectivity index (χ4n) is 3.92. The van der Waals surface area contributed by atoms with Crippen LogP contribution >= 0.6 is 0 Å². The Balaban J connectivity index is 2.14. The van der Waals surface area contributed by atoms with E-state index in [1.807, 2.05) is 10.6 Å². The van der Waals surface area contributed by atoms with Gasteiger partial charge >= 0.3 is 5.97 Å². The molecule has 0 aliphatic carbocycles. The molecule has 0 amide bonds. The Hall–Kier alpha value is -2.55. The van der Waals surface area contributed by atoms with Crippen LogP contribution in [0.4, 0.5) is 0 Å². The molecular weight excluding hydrogens is 334 g/mol. The SMILES string of the molecule is Cc1cc(C)c(Cn2c(C(=O)O)cc3cc([C@@H](C)C(C)C)ccc32)c(C)c1. The molecular formula is C24H29NO2. The van der Waals surface area contributed by atoms with Crippen LogP contribution in [0.1, 0.15) is 65.0 Å². The van der Waals surface area contributed by atoms with Crippen molar-refractivity contribution in [2.75, 3.05) is 0 Å². The van der Waals surface area contributed by atoms with E-state index >= 15 is 0 Å². The third kappa shape index (κ3) is 3.64. The zero-order valence-electron chi connectivity index (χ0n) is 17.1. The Morgan fingerprint density at radius 3 is 2.19 bits per heavy atom. The average Bonchev–Trinajstić information content (AvgIpc) is 2.95. The molecule has 3 nitrogen and oxygen atoms in total. The van der Waals surface area contributed by atoms with Crippen molar-refractivity contribution in [2.45, 2.75) is 54.0 Å². The van der Waals surface area contributed by atoms with E-state index in [0.717, 1.165) is 10.9 Å². The summed E-state index contributed by atoms with van der Waals surface area (Å²) >= 11 is 0. The molecule has 3 rings (SSSR count). The van der Waals surface area contributed by atoms with Crippen LogP contribution in [0.15, 0.2) is 36.4 Å². The highest BCUT2D eigenvalue weighted by Crippen LogP contribution is 2.30. The molecule has 3 heteroatoms. The molecule has 0 fully saturated rings. The van der Waals surface area contributed by atoms with E-state index in [9.17, 15) is 9.90 Å². The molecule has 0 radical (unpaired) electrons. The lowest BCUT2D eigenvalue weighted by Crippen LogP contribution is -2.11. The number of aromatic nitrogens is 1. The number of carboxylic acids is 1. The molecule has 1 atom stereocenters. The Morgan fingerprint density at radius 2 is 1.63 bits per heavy atom. The predicted octanol–water partition coefficient (Wildman–Crippen LogP) is 6.07. The van der Waals surface area contributed by atoms with Crippen molar-refractivity contribution in [3.05, 3.63) is 69.9 Å². The quantitative estimate of drug-likeness (QED) is 0.597. The van der Waals surface area contributed by atoms with Crippen LogP contribution in [0.2, 0.25) is 0 Å². The van der Waals surface area contributed by atoms with Crippen LogP contribution in [0.3, 0.4) is 0 Å². The summed E-state index contributed by atoms with van der Waals surface area (Å²) in [7, 11) is 0. The first-order valence-electron chi connectivity index (χ1n) is 9.62. The van der Waals surface area contributed by atoms with Crippen LogP contribution in [0.25, 0.3) is 10.9 Å². The number of carboxylic acid groups (broad SMARTS) is 1. The average molecular weight is 364 g/mol. The van der Waals surface area contributed by atoms with Crippen molar-refractivity contribution < 1.29 is 9.90 Å². The number of hydrogen-bond acceptors (Lipinski definition) is 1. The summed E-state index contributed by atoms with van der Waals surface area (Å²) in [4.78, 5) is 11.9. The molecule has 0 aliphatic heterocycles. The summed E-state index contributed by atoms with van der Waals surface area (Å²) in [6, 6.07) is 12.5. The minimum absolute atomic E-state index is 0.346. The molecule has 27 heavy (non-hydrogen) atoms. The molecule has 1 aromatic heterocycles. The van der Waals surface area contributed by atoms with Gasteiger partial charge in [-0.25, -0.2) is 4.79 Å². The van der Waals surface area contributed by atoms with Gasteiger partial charge in [0, 0.05) is 17.4 Å². The lowest BCUT2D eigenvalue weighted by molar-refractivity contribution is 0.0686. The van der Waals surface area contributed by atoms with Crippen LogP contribution in [-0.4, -0.2) is 15.6 Å². The molecule has 0 unspecified atom stereocenters. The van der Waals surface area contributed by atoms with Crippen LogP contribution in [0, 0.1) is 26.7 Å². The maximum atomic E-state index is 11.9. The zero-order valence-corrected chi connectivity index (χ0v) is 17.1. The number of aryl methyl sites for hydroxylation is 3. The van der Waals surface area contributed by atoms with Gasteiger partial charge in [0.1, 0.15) is 5.69 Å². The number of nitrogens with zero attached hydrogens (tertiary/aromatic N) is 1. The highest BCUT2D eigenvalue weighted by Gasteiger charge is 2.18. The predicted molar refractivity (Wildman–Crippen MR) is 112 cm³/mol. The summed E-state index contributed by atoms with van der Waals surface area (Å²) in [5.74, 6) is 0.0982. The van der Waals surface area contributed by atoms with Crippen molar-refractivity contribution in [3.8, 4) is 0 Å². The number of carbonyl (C=O) groups is 1. The van der Waals surface area contributed by atoms with E-state index in [1.165, 1.54) is 27.8 Å². The topological polar surface area (TPSA) is 42.2 Å². The van der Waals surface area contributed by atoms with Crippen LogP contribution < -0.4 is 0 Å². The van der Waals surface area contributed by atoms with Gasteiger partial charge in [0.25, 0.3) is 0 Å². The Labute approximate surface area is 161 Å². The fraction of sp³-hybridized carbons (Fsp3) is 0.375. The number of benzene rings is 2. The van der Waals surface area contributed by atoms with Gasteiger partial charge < -0.3 is 9.67 Å². The van der Waals surface area contributed by atoms with Crippen LogP contribution in [0.5, 0.6) is 0 Å². The smallest absolute Gasteiger partial charge is 0.352 e. The van der Waals surface area contributed by atoms with Gasteiger partial charge in [-0.05, 0) is 73.1 Å². The zero-order chi connectivity index (χ0) is 19.9. The van der Waals surface area contributed by atoms with E-state index < -0.39 is 5.97 Å². The number of hydrogen-bond donors (Lipinski definition) is 1. The second-order valence-electron chi connectivity index (χ2n) is 8.15. The summed E-state index contributed by atoms with van der Waals surface area (Å²) in [5, 5.41) is 10.8. The first-order chi connectivity index (χ1) is 12.7. The van der Waals surface area contributed by atoms with Crippen molar-refractivity contribution in [2.24, 2.45) is 5.92 Å². The molecule has 0 spiro atoms. The second kappa shape index (κ2) is 7.22. The molecule has 0 bridgehead atoms. The maximum Gasteiger partial charge on any atom is 0.352 e. The summed E-state index contributed by atoms with van der Waals surface area (Å²) in [5.41, 5.74) is 7.42. The lowest BCUT2D eigenvalue weighted by atomic mass is 9.90. The van der Waals surface area contributed by atoms with Crippen LogP contribution in [-0.2, 0) is 6.54 Å². The van der Waals surface area contributed by atoms with Gasteiger partial charge in [0.15, 0.2) is 0 Å². The Bertz CT molecular complexity index is 988. The van der Waals surface area contributed by atoms with Crippen molar-refractivity contribution in [1.82, 2.24) is 4.57 Å². The number of fused-ring (bicyclic) bond motifs is 1. The van der Waals surface area contributed by atoms with E-state index in [2.05, 4.69) is 71.9 Å². The molecule has 0 aliphatic rings. The third-order valence-corrected chi connectivity index (χ3v) is 5.83. The summed E-state index contributed by atoms with van der Waals surface area (Å²) in [6.07, 6.45) is 0. The molecule has 2 aromatic carbocycles. The van der Waals surface area contributed by atoms with Crippen molar-refractivity contribution >= 4 is 16.9 Å². The summed E-state index contributed by atoms with van der Waals surface area (Å²) < 4.78 is 1.94. The van der Waals surface area contributed by atoms with E-state index in [1.54, 1.807) is 0 Å². The fourth-order valence-corrected chi connectivity index (χ4v) is 3.92. The second-order valence-corrected chi connectivity index (χ2v) is 8.15. The first-order valence-corrected chi connectivity index (χ1v) is 9.62. The maximum absolute atomic E-state index is 11.9. The third-order valence-electron chi connectivity index (χ3n) is 5.83. The van der Waals surface area contributed by atoms with E-state index in [-0.39, 0.29) is 0 Å². The normalized spacial score (nSPS) is 12.7. The molecule has 3 aromatic rings. The van der Waals surface area contributed by atoms with Gasteiger partial charge in [-0.1, -0.05) is 44.5 Å². The first kappa shape index (κ1) is 19.2. The highest BCUT2D eigenvalue weighted by atomic mass is 16.4. The molecule has 0 saturated carbocycles. The Kier molecular flexibility index (Phi) is 5.14. The largest absolute Gasteiger partial charge is 0.477 e. The van der Waals surface area contributed by atoms with Gasteiger partial charge in [0.05, 0.1) is 0 Å². The standard InChI is InChI=1S/C24H29NO2/c1-14(2)18(6)19-7-8-22-20(11-19)12-23(24(26)27)25(22)13-21-16(4)9-15(3)10-17(21)5/h7-12,14,18H,13H2,1-6H3,(H,26,27)/t18-/m0/s1. The van der Waals surface area contributed by atoms with Gasteiger partial charge in [-0.2, -0.15) is 0 Å². The van der Waals surface area contributed by atoms with Crippen molar-refractivity contribution in [1.29, 1.82) is 0 Å².